The second-order valence-electron chi connectivity index (χ2n) is 7.52. The van der Waals surface area contributed by atoms with Crippen molar-refractivity contribution in [1.82, 2.24) is 19.7 Å². The summed E-state index contributed by atoms with van der Waals surface area (Å²) in [5, 5.41) is 18.0. The summed E-state index contributed by atoms with van der Waals surface area (Å²) in [7, 11) is 0. The Morgan fingerprint density at radius 1 is 1.19 bits per heavy atom. The number of aromatic nitrogens is 3. The number of likely N-dealkylation sites (tertiary alicyclic amines) is 1. The average molecular weight is 357 g/mol. The average Bonchev–Trinajstić information content (AvgIpc) is 3.04. The van der Waals surface area contributed by atoms with Crippen molar-refractivity contribution in [3.05, 3.63) is 42.0 Å². The van der Waals surface area contributed by atoms with Gasteiger partial charge in [0.2, 0.25) is 5.91 Å². The van der Waals surface area contributed by atoms with Gasteiger partial charge < -0.3 is 15.7 Å². The van der Waals surface area contributed by atoms with E-state index in [1.165, 1.54) is 0 Å². The molecule has 0 bridgehead atoms. The molecule has 0 spiro atoms. The van der Waals surface area contributed by atoms with E-state index in [1.807, 2.05) is 39.8 Å². The standard InChI is InChI=1S/C19H27N5O2/c1-19(2,20)18(26)23-10-8-14(9-11-23)12-16-21-22-17(13-25)24(16)15-6-4-3-5-7-15/h3-7,14,25H,8-13,20H2,1-2H3. The number of carbonyl (C=O) groups is 1. The molecule has 0 saturated carbocycles. The Morgan fingerprint density at radius 3 is 2.38 bits per heavy atom. The highest BCUT2D eigenvalue weighted by molar-refractivity contribution is 5.85. The fourth-order valence-corrected chi connectivity index (χ4v) is 3.47. The van der Waals surface area contributed by atoms with Crippen molar-refractivity contribution in [1.29, 1.82) is 0 Å². The topological polar surface area (TPSA) is 97.3 Å². The summed E-state index contributed by atoms with van der Waals surface area (Å²) in [4.78, 5) is 14.2. The Kier molecular flexibility index (Phi) is 5.38. The highest BCUT2D eigenvalue weighted by Gasteiger charge is 2.31. The number of nitrogens with zero attached hydrogens (tertiary/aromatic N) is 4. The maximum absolute atomic E-state index is 12.3. The minimum Gasteiger partial charge on any atom is -0.388 e. The molecule has 0 unspecified atom stereocenters. The largest absolute Gasteiger partial charge is 0.388 e. The molecule has 3 N–H and O–H groups in total. The highest BCUT2D eigenvalue weighted by Crippen LogP contribution is 2.24. The number of aliphatic hydroxyl groups excluding tert-OH is 1. The fourth-order valence-electron chi connectivity index (χ4n) is 3.47. The van der Waals surface area contributed by atoms with Crippen LogP contribution < -0.4 is 5.73 Å². The molecule has 1 fully saturated rings. The molecule has 1 amide bonds. The van der Waals surface area contributed by atoms with E-state index < -0.39 is 5.54 Å². The number of piperidine rings is 1. The van der Waals surface area contributed by atoms with Gasteiger partial charge in [0, 0.05) is 25.2 Å². The van der Waals surface area contributed by atoms with Crippen molar-refractivity contribution in [3.63, 3.8) is 0 Å². The zero-order valence-corrected chi connectivity index (χ0v) is 15.4. The summed E-state index contributed by atoms with van der Waals surface area (Å²) in [6.07, 6.45) is 2.60. The lowest BCUT2D eigenvalue weighted by molar-refractivity contribution is -0.137. The molecule has 1 aromatic heterocycles. The minimum absolute atomic E-state index is 0.00553. The normalized spacial score (nSPS) is 16.1. The lowest BCUT2D eigenvalue weighted by Gasteiger charge is -2.35. The summed E-state index contributed by atoms with van der Waals surface area (Å²) >= 11 is 0. The van der Waals surface area contributed by atoms with Gasteiger partial charge >= 0.3 is 0 Å². The summed E-state index contributed by atoms with van der Waals surface area (Å²) in [6.45, 7) is 4.79. The third kappa shape index (κ3) is 3.94. The number of amides is 1. The first kappa shape index (κ1) is 18.5. The number of hydrogen-bond acceptors (Lipinski definition) is 5. The van der Waals surface area contributed by atoms with Crippen molar-refractivity contribution >= 4 is 5.91 Å². The molecular formula is C19H27N5O2. The Morgan fingerprint density at radius 2 is 1.81 bits per heavy atom. The van der Waals surface area contributed by atoms with Gasteiger partial charge in [-0.15, -0.1) is 10.2 Å². The van der Waals surface area contributed by atoms with Crippen LogP contribution in [0.2, 0.25) is 0 Å². The first-order valence-electron chi connectivity index (χ1n) is 9.08. The van der Waals surface area contributed by atoms with Crippen LogP contribution in [0.1, 0.15) is 38.3 Å². The molecule has 1 aromatic carbocycles. The molecule has 0 atom stereocenters. The van der Waals surface area contributed by atoms with E-state index >= 15 is 0 Å². The second-order valence-corrected chi connectivity index (χ2v) is 7.52. The SMILES string of the molecule is CC(C)(N)C(=O)N1CCC(Cc2nnc(CO)n2-c2ccccc2)CC1. The van der Waals surface area contributed by atoms with E-state index in [1.54, 1.807) is 13.8 Å². The van der Waals surface area contributed by atoms with Gasteiger partial charge in [0.15, 0.2) is 5.82 Å². The Balaban J connectivity index is 1.70. The molecule has 140 valence electrons. The molecular weight excluding hydrogens is 330 g/mol. The molecule has 1 aliphatic heterocycles. The Labute approximate surface area is 153 Å². The minimum atomic E-state index is -0.823. The van der Waals surface area contributed by atoms with Crippen LogP contribution in [0, 0.1) is 5.92 Å². The van der Waals surface area contributed by atoms with Crippen molar-refractivity contribution in [2.45, 2.75) is 45.3 Å². The van der Waals surface area contributed by atoms with Gasteiger partial charge in [0.05, 0.1) is 5.54 Å². The molecule has 7 nitrogen and oxygen atoms in total. The van der Waals surface area contributed by atoms with Gasteiger partial charge in [-0.05, 0) is 44.7 Å². The molecule has 2 aromatic rings. The zero-order valence-electron chi connectivity index (χ0n) is 15.4. The lowest BCUT2D eigenvalue weighted by Crippen LogP contribution is -2.53. The Bertz CT molecular complexity index is 743. The number of aliphatic hydroxyl groups is 1. The maximum Gasteiger partial charge on any atom is 0.242 e. The number of carbonyl (C=O) groups excluding carboxylic acids is 1. The van der Waals surface area contributed by atoms with Gasteiger partial charge in [-0.3, -0.25) is 9.36 Å². The third-order valence-corrected chi connectivity index (χ3v) is 4.88. The summed E-state index contributed by atoms with van der Waals surface area (Å²) in [5.74, 6) is 1.83. The quantitative estimate of drug-likeness (QED) is 0.840. The maximum atomic E-state index is 12.3. The third-order valence-electron chi connectivity index (χ3n) is 4.88. The molecule has 0 aliphatic carbocycles. The molecule has 7 heteroatoms. The van der Waals surface area contributed by atoms with Crippen LogP contribution in [-0.2, 0) is 17.8 Å². The Hall–Kier alpha value is -2.25. The van der Waals surface area contributed by atoms with Crippen LogP contribution in [0.3, 0.4) is 0 Å². The molecule has 1 saturated heterocycles. The van der Waals surface area contributed by atoms with Crippen LogP contribution >= 0.6 is 0 Å². The second kappa shape index (κ2) is 7.55. The molecule has 26 heavy (non-hydrogen) atoms. The van der Waals surface area contributed by atoms with Crippen molar-refractivity contribution in [2.24, 2.45) is 11.7 Å². The van der Waals surface area contributed by atoms with Crippen LogP contribution in [-0.4, -0.2) is 49.3 Å². The molecule has 1 aliphatic rings. The van der Waals surface area contributed by atoms with Crippen LogP contribution in [0.5, 0.6) is 0 Å². The van der Waals surface area contributed by atoms with E-state index in [0.717, 1.165) is 43.9 Å². The van der Waals surface area contributed by atoms with Gasteiger partial charge in [-0.25, -0.2) is 0 Å². The van der Waals surface area contributed by atoms with Crippen LogP contribution in [0.4, 0.5) is 0 Å². The van der Waals surface area contributed by atoms with E-state index in [0.29, 0.717) is 11.7 Å². The number of para-hydroxylation sites is 1. The molecule has 3 rings (SSSR count). The first-order valence-corrected chi connectivity index (χ1v) is 9.08. The highest BCUT2D eigenvalue weighted by atomic mass is 16.3. The lowest BCUT2D eigenvalue weighted by atomic mass is 9.92. The molecule has 0 radical (unpaired) electrons. The van der Waals surface area contributed by atoms with Crippen molar-refractivity contribution in [3.8, 4) is 5.69 Å². The number of benzene rings is 1. The van der Waals surface area contributed by atoms with E-state index in [4.69, 9.17) is 5.73 Å². The smallest absolute Gasteiger partial charge is 0.242 e. The van der Waals surface area contributed by atoms with E-state index in [-0.39, 0.29) is 12.5 Å². The first-order chi connectivity index (χ1) is 12.4. The fraction of sp³-hybridized carbons (Fsp3) is 0.526. The van der Waals surface area contributed by atoms with Crippen LogP contribution in [0.15, 0.2) is 30.3 Å². The van der Waals surface area contributed by atoms with E-state index in [9.17, 15) is 9.90 Å². The predicted octanol–water partition coefficient (Wildman–Crippen LogP) is 1.28. The summed E-state index contributed by atoms with van der Waals surface area (Å²) in [6, 6.07) is 9.84. The van der Waals surface area contributed by atoms with Gasteiger partial charge in [-0.2, -0.15) is 0 Å². The zero-order chi connectivity index (χ0) is 18.7. The van der Waals surface area contributed by atoms with Gasteiger partial charge in [0.25, 0.3) is 0 Å². The van der Waals surface area contributed by atoms with E-state index in [2.05, 4.69) is 10.2 Å². The monoisotopic (exact) mass is 357 g/mol. The number of nitrogens with two attached hydrogens (primary N) is 1. The van der Waals surface area contributed by atoms with Crippen molar-refractivity contribution < 1.29 is 9.90 Å². The number of rotatable bonds is 5. The number of hydrogen-bond donors (Lipinski definition) is 2. The van der Waals surface area contributed by atoms with Gasteiger partial charge in [-0.1, -0.05) is 18.2 Å². The van der Waals surface area contributed by atoms with Gasteiger partial charge in [0.1, 0.15) is 12.4 Å². The summed E-state index contributed by atoms with van der Waals surface area (Å²) < 4.78 is 1.93. The van der Waals surface area contributed by atoms with Crippen molar-refractivity contribution in [2.75, 3.05) is 13.1 Å². The summed E-state index contributed by atoms with van der Waals surface area (Å²) in [5.41, 5.74) is 6.06. The predicted molar refractivity (Wildman–Crippen MR) is 98.6 cm³/mol. The molecule has 2 heterocycles. The van der Waals surface area contributed by atoms with Crippen LogP contribution in [0.25, 0.3) is 5.69 Å².